The van der Waals surface area contributed by atoms with E-state index < -0.39 is 65.2 Å². The predicted octanol–water partition coefficient (Wildman–Crippen LogP) is 3.01. The molecule has 0 saturated carbocycles. The quantitative estimate of drug-likeness (QED) is 0.138. The maximum absolute atomic E-state index is 14.5. The molecule has 13 nitrogen and oxygen atoms in total. The van der Waals surface area contributed by atoms with E-state index in [9.17, 15) is 28.8 Å². The lowest BCUT2D eigenvalue weighted by molar-refractivity contribution is -0.143. The van der Waals surface area contributed by atoms with Crippen LogP contribution < -0.4 is 26.6 Å². The molecule has 0 radical (unpaired) electrons. The molecule has 0 aromatic heterocycles. The van der Waals surface area contributed by atoms with Gasteiger partial charge in [0, 0.05) is 19.1 Å². The molecule has 3 rings (SSSR count). The third-order valence-corrected chi connectivity index (χ3v) is 9.34. The van der Waals surface area contributed by atoms with E-state index in [0.717, 1.165) is 11.1 Å². The van der Waals surface area contributed by atoms with Gasteiger partial charge >= 0.3 is 12.1 Å². The third kappa shape index (κ3) is 10.8. The Morgan fingerprint density at radius 2 is 1.64 bits per heavy atom. The van der Waals surface area contributed by atoms with E-state index in [2.05, 4.69) is 33.2 Å². The van der Waals surface area contributed by atoms with Crippen molar-refractivity contribution in [2.75, 3.05) is 19.7 Å². The normalized spacial score (nSPS) is 19.1. The maximum Gasteiger partial charge on any atom is 0.407 e. The van der Waals surface area contributed by atoms with Crippen LogP contribution in [0.1, 0.15) is 78.9 Å². The minimum Gasteiger partial charge on any atom is -0.447 e. The zero-order chi connectivity index (χ0) is 37.2. The summed E-state index contributed by atoms with van der Waals surface area (Å²) in [5.74, 6) is -3.01. The lowest BCUT2D eigenvalue weighted by Crippen LogP contribution is -2.61. The van der Waals surface area contributed by atoms with Crippen molar-refractivity contribution in [3.63, 3.8) is 0 Å². The van der Waals surface area contributed by atoms with Crippen molar-refractivity contribution >= 4 is 35.6 Å². The van der Waals surface area contributed by atoms with Gasteiger partial charge < -0.3 is 36.2 Å². The lowest BCUT2D eigenvalue weighted by atomic mass is 9.87. The van der Waals surface area contributed by atoms with E-state index in [1.807, 2.05) is 72.7 Å². The standard InChI is InChI=1S/C37H56N6O7/c1-9-13-27(31(44)33(46)38-17-10-2)40-32(45)30-23(5)16-18-43(30)34(47)29(26-19-24-14-11-12-15-25(24)20-26)42-35(48)41-28(37(6,7)8)21-50-36(49)39-22(3)4/h10-12,14-15,22-23,26-30H,2,9,13,16-21H2,1,3-8H3,(H,38,46)(H,39,49)(H,40,45)(H2,41,42,48)/t23-,27?,28+,29?,30?/m0/s1. The number of benzene rings is 1. The van der Waals surface area contributed by atoms with Crippen LogP contribution in [0.4, 0.5) is 9.59 Å². The minimum absolute atomic E-state index is 0.0852. The molecule has 1 aromatic carbocycles. The van der Waals surface area contributed by atoms with Gasteiger partial charge in [0.2, 0.25) is 17.6 Å². The SMILES string of the molecule is C=CCNC(=O)C(=O)C(CCC)NC(=O)C1[C@@H](C)CCN1C(=O)C(NC(=O)N[C@H](COC(=O)NC(C)C)C(C)(C)C)C1Cc2ccccc2C1. The van der Waals surface area contributed by atoms with Gasteiger partial charge in [0.25, 0.3) is 5.91 Å². The largest absolute Gasteiger partial charge is 0.447 e. The van der Waals surface area contributed by atoms with Gasteiger partial charge in [0.15, 0.2) is 0 Å². The molecule has 0 bridgehead atoms. The van der Waals surface area contributed by atoms with Crippen LogP contribution in [0, 0.1) is 17.3 Å². The molecule has 2 aliphatic rings. The summed E-state index contributed by atoms with van der Waals surface area (Å²) in [7, 11) is 0. The summed E-state index contributed by atoms with van der Waals surface area (Å²) < 4.78 is 5.40. The zero-order valence-electron chi connectivity index (χ0n) is 30.6. The Kier molecular flexibility index (Phi) is 14.4. The number of nitrogens with one attached hydrogen (secondary N) is 5. The van der Waals surface area contributed by atoms with Gasteiger partial charge in [0.05, 0.1) is 12.1 Å². The molecule has 1 aromatic rings. The van der Waals surface area contributed by atoms with Gasteiger partial charge in [-0.15, -0.1) is 6.58 Å². The summed E-state index contributed by atoms with van der Waals surface area (Å²) in [6.07, 6.45) is 3.31. The molecule has 1 heterocycles. The number of rotatable bonds is 15. The Balaban J connectivity index is 1.84. The molecule has 3 unspecified atom stereocenters. The topological polar surface area (TPSA) is 175 Å². The Labute approximate surface area is 296 Å². The highest BCUT2D eigenvalue weighted by Gasteiger charge is 2.46. The van der Waals surface area contributed by atoms with E-state index in [-0.39, 0.29) is 44.0 Å². The second-order valence-corrected chi connectivity index (χ2v) is 14.8. The number of fused-ring (bicyclic) bond motifs is 1. The molecule has 50 heavy (non-hydrogen) atoms. The molecule has 6 amide bonds. The molecule has 1 saturated heterocycles. The number of likely N-dealkylation sites (tertiary alicyclic amines) is 1. The van der Waals surface area contributed by atoms with E-state index in [1.165, 1.54) is 11.0 Å². The number of carbonyl (C=O) groups is 6. The monoisotopic (exact) mass is 696 g/mol. The maximum atomic E-state index is 14.5. The van der Waals surface area contributed by atoms with Gasteiger partial charge in [-0.2, -0.15) is 0 Å². The molecule has 5 N–H and O–H groups in total. The summed E-state index contributed by atoms with van der Waals surface area (Å²) in [6, 6.07) is 3.67. The number of ether oxygens (including phenoxy) is 1. The summed E-state index contributed by atoms with van der Waals surface area (Å²) in [6.45, 7) is 16.9. The smallest absolute Gasteiger partial charge is 0.407 e. The van der Waals surface area contributed by atoms with Gasteiger partial charge in [-0.05, 0) is 67.9 Å². The van der Waals surface area contributed by atoms with Crippen LogP contribution in [0.2, 0.25) is 0 Å². The number of Topliss-reactive ketones (excluding diaryl/α,β-unsaturated/α-hetero) is 1. The Morgan fingerprint density at radius 1 is 1.00 bits per heavy atom. The van der Waals surface area contributed by atoms with E-state index in [0.29, 0.717) is 25.7 Å². The van der Waals surface area contributed by atoms with Crippen molar-refractivity contribution < 1.29 is 33.5 Å². The van der Waals surface area contributed by atoms with Crippen molar-refractivity contribution in [2.24, 2.45) is 17.3 Å². The fourth-order valence-electron chi connectivity index (χ4n) is 6.49. The van der Waals surface area contributed by atoms with E-state index in [1.54, 1.807) is 0 Å². The summed E-state index contributed by atoms with van der Waals surface area (Å²) in [5, 5.41) is 13.8. The first-order valence-electron chi connectivity index (χ1n) is 17.7. The van der Waals surface area contributed by atoms with Crippen LogP contribution in [0.5, 0.6) is 0 Å². The number of hydrogen-bond donors (Lipinski definition) is 5. The molecule has 1 aliphatic carbocycles. The zero-order valence-corrected chi connectivity index (χ0v) is 30.6. The third-order valence-electron chi connectivity index (χ3n) is 9.34. The number of hydrogen-bond acceptors (Lipinski definition) is 7. The van der Waals surface area contributed by atoms with Crippen LogP contribution in [0.25, 0.3) is 0 Å². The fourth-order valence-corrected chi connectivity index (χ4v) is 6.49. The van der Waals surface area contributed by atoms with Crippen molar-refractivity contribution in [1.82, 2.24) is 31.5 Å². The van der Waals surface area contributed by atoms with Crippen molar-refractivity contribution in [1.29, 1.82) is 0 Å². The summed E-state index contributed by atoms with van der Waals surface area (Å²) in [5.41, 5.74) is 1.69. The summed E-state index contributed by atoms with van der Waals surface area (Å²) >= 11 is 0. The number of urea groups is 1. The first-order valence-corrected chi connectivity index (χ1v) is 17.7. The van der Waals surface area contributed by atoms with E-state index >= 15 is 0 Å². The lowest BCUT2D eigenvalue weighted by Gasteiger charge is -2.35. The first-order chi connectivity index (χ1) is 23.6. The molecule has 1 aliphatic heterocycles. The molecule has 13 heteroatoms. The van der Waals surface area contributed by atoms with Crippen LogP contribution >= 0.6 is 0 Å². The first kappa shape index (κ1) is 40.0. The number of amides is 6. The molecule has 0 spiro atoms. The van der Waals surface area contributed by atoms with Gasteiger partial charge in [0.1, 0.15) is 18.7 Å². The highest BCUT2D eigenvalue weighted by molar-refractivity contribution is 6.38. The molecular formula is C37H56N6O7. The molecular weight excluding hydrogens is 640 g/mol. The number of alkyl carbamates (subject to hydrolysis) is 1. The van der Waals surface area contributed by atoms with Crippen LogP contribution in [-0.4, -0.2) is 90.4 Å². The van der Waals surface area contributed by atoms with E-state index in [4.69, 9.17) is 4.74 Å². The number of ketones is 1. The Bertz CT molecular complexity index is 1380. The highest BCUT2D eigenvalue weighted by Crippen LogP contribution is 2.32. The summed E-state index contributed by atoms with van der Waals surface area (Å²) in [4.78, 5) is 81.2. The van der Waals surface area contributed by atoms with Gasteiger partial charge in [-0.25, -0.2) is 9.59 Å². The van der Waals surface area contributed by atoms with Crippen molar-refractivity contribution in [2.45, 2.75) is 111 Å². The Morgan fingerprint density at radius 3 is 2.20 bits per heavy atom. The van der Waals surface area contributed by atoms with Gasteiger partial charge in [-0.1, -0.05) is 71.4 Å². The number of carbonyl (C=O) groups excluding carboxylic acids is 6. The van der Waals surface area contributed by atoms with Crippen LogP contribution in [0.3, 0.4) is 0 Å². The average Bonchev–Trinajstić information content (AvgIpc) is 3.66. The molecule has 1 fully saturated rings. The van der Waals surface area contributed by atoms with Crippen molar-refractivity contribution in [3.8, 4) is 0 Å². The molecule has 5 atom stereocenters. The van der Waals surface area contributed by atoms with Crippen LogP contribution in [0.15, 0.2) is 36.9 Å². The highest BCUT2D eigenvalue weighted by atomic mass is 16.5. The minimum atomic E-state index is -1.05. The number of nitrogens with zero attached hydrogens (tertiary/aromatic N) is 1. The second-order valence-electron chi connectivity index (χ2n) is 14.8. The molecule has 276 valence electrons. The van der Waals surface area contributed by atoms with Gasteiger partial charge in [-0.3, -0.25) is 19.2 Å². The van der Waals surface area contributed by atoms with Crippen molar-refractivity contribution in [3.05, 3.63) is 48.0 Å². The predicted molar refractivity (Wildman–Crippen MR) is 190 cm³/mol. The fraction of sp³-hybridized carbons (Fsp3) is 0.622. The second kappa shape index (κ2) is 18.0. The van der Waals surface area contributed by atoms with Crippen LogP contribution in [-0.2, 0) is 36.8 Å². The average molecular weight is 697 g/mol. The Hall–Kier alpha value is -4.42.